The van der Waals surface area contributed by atoms with Gasteiger partial charge in [-0.05, 0) is 72.4 Å². The Morgan fingerprint density at radius 2 is 1.48 bits per heavy atom. The fraction of sp³-hybridized carbons (Fsp3) is 0.621. The van der Waals surface area contributed by atoms with Gasteiger partial charge in [-0.15, -0.1) is 0 Å². The van der Waals surface area contributed by atoms with Crippen LogP contribution in [0.4, 0.5) is 0 Å². The first-order valence-electron chi connectivity index (χ1n) is 12.9. The number of fused-ring (bicyclic) bond motifs is 1. The lowest BCUT2D eigenvalue weighted by Crippen LogP contribution is -2.13. The van der Waals surface area contributed by atoms with Gasteiger partial charge in [-0.1, -0.05) is 89.5 Å². The molecule has 0 bridgehead atoms. The molecule has 0 amide bonds. The summed E-state index contributed by atoms with van der Waals surface area (Å²) in [4.78, 5) is 12.0. The molecule has 0 aliphatic heterocycles. The molecule has 2 aromatic carbocycles. The summed E-state index contributed by atoms with van der Waals surface area (Å²) in [6.45, 7) is 4.43. The Kier molecular flexibility index (Phi) is 9.90. The van der Waals surface area contributed by atoms with Gasteiger partial charge in [-0.3, -0.25) is 4.79 Å². The predicted molar refractivity (Wildman–Crippen MR) is 132 cm³/mol. The topological polar surface area (TPSA) is 26.3 Å². The highest BCUT2D eigenvalue weighted by molar-refractivity contribution is 5.85. The molecule has 0 unspecified atom stereocenters. The Bertz CT molecular complexity index is 801. The van der Waals surface area contributed by atoms with Crippen molar-refractivity contribution in [3.8, 4) is 5.75 Å². The van der Waals surface area contributed by atoms with Crippen LogP contribution in [0.1, 0.15) is 115 Å². The molecule has 0 radical (unpaired) electrons. The maximum Gasteiger partial charge on any atom is 0.311 e. The average Bonchev–Trinajstić information content (AvgIpc) is 2.79. The number of unbranched alkanes of at least 4 members (excludes halogenated alkanes) is 6. The first kappa shape index (κ1) is 23.8. The summed E-state index contributed by atoms with van der Waals surface area (Å²) in [5.41, 5.74) is 1.48. The van der Waals surface area contributed by atoms with Crippen molar-refractivity contribution in [3.05, 3.63) is 42.0 Å². The Morgan fingerprint density at radius 1 is 0.806 bits per heavy atom. The summed E-state index contributed by atoms with van der Waals surface area (Å²) in [6, 6.07) is 12.9. The quantitative estimate of drug-likeness (QED) is 0.194. The third-order valence-corrected chi connectivity index (χ3v) is 7.09. The van der Waals surface area contributed by atoms with E-state index in [9.17, 15) is 4.79 Å². The van der Waals surface area contributed by atoms with Crippen LogP contribution in [0.15, 0.2) is 36.4 Å². The van der Waals surface area contributed by atoms with Gasteiger partial charge in [0.05, 0.1) is 0 Å². The van der Waals surface area contributed by atoms with Crippen LogP contribution in [0, 0.1) is 5.92 Å². The predicted octanol–water partition coefficient (Wildman–Crippen LogP) is 8.96. The molecule has 2 nitrogen and oxygen atoms in total. The lowest BCUT2D eigenvalue weighted by molar-refractivity contribution is -0.134. The number of esters is 1. The van der Waals surface area contributed by atoms with Crippen LogP contribution in [-0.4, -0.2) is 5.97 Å². The number of hydrogen-bond donors (Lipinski definition) is 0. The molecule has 170 valence electrons. The second-order valence-corrected chi connectivity index (χ2v) is 9.62. The summed E-state index contributed by atoms with van der Waals surface area (Å²) < 4.78 is 5.54. The van der Waals surface area contributed by atoms with Crippen molar-refractivity contribution >= 4 is 16.7 Å². The maximum absolute atomic E-state index is 12.0. The monoisotopic (exact) mass is 422 g/mol. The van der Waals surface area contributed by atoms with E-state index >= 15 is 0 Å². The summed E-state index contributed by atoms with van der Waals surface area (Å²) in [5.74, 6) is 2.21. The molecule has 0 saturated heterocycles. The number of hydrogen-bond acceptors (Lipinski definition) is 2. The first-order valence-corrected chi connectivity index (χ1v) is 12.9. The Morgan fingerprint density at radius 3 is 2.26 bits per heavy atom. The summed E-state index contributed by atoms with van der Waals surface area (Å²) in [5, 5.41) is 2.41. The minimum Gasteiger partial charge on any atom is -0.427 e. The molecule has 2 aromatic rings. The molecule has 3 rings (SSSR count). The highest BCUT2D eigenvalue weighted by Gasteiger charge is 2.22. The average molecular weight is 423 g/mol. The van der Waals surface area contributed by atoms with Gasteiger partial charge in [0.1, 0.15) is 5.75 Å². The highest BCUT2D eigenvalue weighted by Crippen LogP contribution is 2.38. The fourth-order valence-electron chi connectivity index (χ4n) is 5.08. The van der Waals surface area contributed by atoms with Crippen LogP contribution < -0.4 is 4.74 Å². The summed E-state index contributed by atoms with van der Waals surface area (Å²) >= 11 is 0. The second kappa shape index (κ2) is 12.9. The van der Waals surface area contributed by atoms with E-state index in [2.05, 4.69) is 38.1 Å². The van der Waals surface area contributed by atoms with Gasteiger partial charge in [0, 0.05) is 6.42 Å². The molecule has 0 aromatic heterocycles. The van der Waals surface area contributed by atoms with Crippen LogP contribution in [0.5, 0.6) is 5.75 Å². The van der Waals surface area contributed by atoms with E-state index in [1.807, 2.05) is 12.1 Å². The normalized spacial score (nSPS) is 18.9. The number of ether oxygens (including phenoxy) is 1. The van der Waals surface area contributed by atoms with E-state index < -0.39 is 0 Å². The van der Waals surface area contributed by atoms with Crippen molar-refractivity contribution in [2.45, 2.75) is 110 Å². The second-order valence-electron chi connectivity index (χ2n) is 9.62. The molecule has 0 atom stereocenters. The molecule has 0 N–H and O–H groups in total. The Hall–Kier alpha value is -1.83. The van der Waals surface area contributed by atoms with Gasteiger partial charge in [-0.25, -0.2) is 0 Å². The number of benzene rings is 2. The first-order chi connectivity index (χ1) is 15.2. The van der Waals surface area contributed by atoms with Gasteiger partial charge >= 0.3 is 5.97 Å². The van der Waals surface area contributed by atoms with Crippen molar-refractivity contribution in [2.24, 2.45) is 5.92 Å². The van der Waals surface area contributed by atoms with E-state index in [1.165, 1.54) is 75.2 Å². The molecule has 2 heteroatoms. The molecule has 1 saturated carbocycles. The summed E-state index contributed by atoms with van der Waals surface area (Å²) in [7, 11) is 0. The Labute approximate surface area is 189 Å². The van der Waals surface area contributed by atoms with Crippen LogP contribution in [-0.2, 0) is 4.79 Å². The SMILES string of the molecule is CCCCCCCC1CCC(c2ccc3cc(OC(=O)CCCCC)ccc3c2)CC1. The van der Waals surface area contributed by atoms with E-state index in [0.29, 0.717) is 18.1 Å². The van der Waals surface area contributed by atoms with Crippen molar-refractivity contribution in [1.82, 2.24) is 0 Å². The largest absolute Gasteiger partial charge is 0.427 e. The van der Waals surface area contributed by atoms with E-state index in [-0.39, 0.29) is 5.97 Å². The summed E-state index contributed by atoms with van der Waals surface area (Å²) in [6.07, 6.45) is 17.5. The molecule has 1 fully saturated rings. The van der Waals surface area contributed by atoms with Crippen molar-refractivity contribution in [3.63, 3.8) is 0 Å². The fourth-order valence-corrected chi connectivity index (χ4v) is 5.08. The van der Waals surface area contributed by atoms with Gasteiger partial charge in [0.25, 0.3) is 0 Å². The number of carbonyl (C=O) groups is 1. The molecule has 31 heavy (non-hydrogen) atoms. The number of rotatable bonds is 12. The van der Waals surface area contributed by atoms with Crippen LogP contribution >= 0.6 is 0 Å². The molecule has 0 heterocycles. The van der Waals surface area contributed by atoms with Gasteiger partial charge in [-0.2, -0.15) is 0 Å². The minimum absolute atomic E-state index is 0.119. The van der Waals surface area contributed by atoms with E-state index in [0.717, 1.165) is 30.6 Å². The third kappa shape index (κ3) is 7.66. The highest BCUT2D eigenvalue weighted by atomic mass is 16.5. The maximum atomic E-state index is 12.0. The Balaban J connectivity index is 1.49. The zero-order chi connectivity index (χ0) is 21.9. The third-order valence-electron chi connectivity index (χ3n) is 7.09. The molecular weight excluding hydrogens is 380 g/mol. The molecule has 1 aliphatic carbocycles. The van der Waals surface area contributed by atoms with Crippen LogP contribution in [0.25, 0.3) is 10.8 Å². The van der Waals surface area contributed by atoms with Gasteiger partial charge in [0.2, 0.25) is 0 Å². The van der Waals surface area contributed by atoms with Gasteiger partial charge in [0.15, 0.2) is 0 Å². The molecular formula is C29H42O2. The van der Waals surface area contributed by atoms with Crippen LogP contribution in [0.2, 0.25) is 0 Å². The minimum atomic E-state index is -0.119. The van der Waals surface area contributed by atoms with Crippen molar-refractivity contribution in [2.75, 3.05) is 0 Å². The lowest BCUT2D eigenvalue weighted by Gasteiger charge is -2.29. The standard InChI is InChI=1S/C29H42O2/c1-3-5-7-8-10-11-23-13-15-24(16-14-23)25-17-18-27-22-28(20-19-26(27)21-25)31-29(30)12-9-6-4-2/h17-24H,3-16H2,1-2H3. The van der Waals surface area contributed by atoms with Gasteiger partial charge < -0.3 is 4.74 Å². The molecule has 0 spiro atoms. The zero-order valence-corrected chi connectivity index (χ0v) is 19.8. The van der Waals surface area contributed by atoms with E-state index in [4.69, 9.17) is 4.74 Å². The zero-order valence-electron chi connectivity index (χ0n) is 19.8. The van der Waals surface area contributed by atoms with Crippen LogP contribution in [0.3, 0.4) is 0 Å². The van der Waals surface area contributed by atoms with Crippen molar-refractivity contribution < 1.29 is 9.53 Å². The number of carbonyl (C=O) groups excluding carboxylic acids is 1. The smallest absolute Gasteiger partial charge is 0.311 e. The van der Waals surface area contributed by atoms with E-state index in [1.54, 1.807) is 0 Å². The molecule has 1 aliphatic rings. The van der Waals surface area contributed by atoms with Crippen molar-refractivity contribution in [1.29, 1.82) is 0 Å². The lowest BCUT2D eigenvalue weighted by atomic mass is 9.77.